The molecule has 40 valence electrons. The van der Waals surface area contributed by atoms with Crippen LogP contribution in [0.3, 0.4) is 0 Å². The molecule has 0 rings (SSSR count). The van der Waals surface area contributed by atoms with E-state index in [1.807, 2.05) is 0 Å². The fourth-order valence-electron chi connectivity index (χ4n) is 0. The summed E-state index contributed by atoms with van der Waals surface area (Å²) < 4.78 is 8.76. The van der Waals surface area contributed by atoms with Crippen LogP contribution in [0.2, 0.25) is 3.46 Å². The summed E-state index contributed by atoms with van der Waals surface area (Å²) in [5.41, 5.74) is 0. The van der Waals surface area contributed by atoms with Crippen molar-refractivity contribution in [3.8, 4) is 0 Å². The molecule has 0 amide bonds. The van der Waals surface area contributed by atoms with Crippen LogP contribution in [0.5, 0.6) is 0 Å². The summed E-state index contributed by atoms with van der Waals surface area (Å²) >= 11 is -0.682. The van der Waals surface area contributed by atoms with E-state index in [0.29, 0.717) is 0 Å². The Labute approximate surface area is 67.7 Å². The molecule has 1 N–H and O–H groups in total. The molecule has 1 nitrogen and oxygen atoms in total. The predicted octanol–water partition coefficient (Wildman–Crippen LogP) is 0.168. The summed E-state index contributed by atoms with van der Waals surface area (Å²) in [5, 5.41) is 0. The SMILES string of the molecule is CC(C)(C)[Te]O.[LiH]. The Hall–Kier alpha value is 1.35. The number of hydrogen-bond acceptors (Lipinski definition) is 1. The van der Waals surface area contributed by atoms with Crippen molar-refractivity contribution < 1.29 is 3.47 Å². The first-order valence-electron chi connectivity index (χ1n) is 1.89. The van der Waals surface area contributed by atoms with Gasteiger partial charge in [-0.1, -0.05) is 0 Å². The van der Waals surface area contributed by atoms with Crippen LogP contribution in [0.1, 0.15) is 20.8 Å². The van der Waals surface area contributed by atoms with Gasteiger partial charge in [0, 0.05) is 0 Å². The Kier molecular flexibility index (Phi) is 6.79. The molecule has 0 aromatic rings. The van der Waals surface area contributed by atoms with Gasteiger partial charge in [-0.15, -0.1) is 0 Å². The molecular formula is C4H11LiOTe. The van der Waals surface area contributed by atoms with Crippen molar-refractivity contribution in [1.29, 1.82) is 0 Å². The quantitative estimate of drug-likeness (QED) is 0.564. The van der Waals surface area contributed by atoms with E-state index in [2.05, 4.69) is 20.8 Å². The Morgan fingerprint density at radius 2 is 1.43 bits per heavy atom. The van der Waals surface area contributed by atoms with Gasteiger partial charge < -0.3 is 0 Å². The van der Waals surface area contributed by atoms with Gasteiger partial charge in [0.2, 0.25) is 0 Å². The zero-order valence-corrected chi connectivity index (χ0v) is 6.69. The average molecular weight is 210 g/mol. The van der Waals surface area contributed by atoms with E-state index in [1.165, 1.54) is 0 Å². The molecule has 0 bridgehead atoms. The van der Waals surface area contributed by atoms with E-state index in [-0.39, 0.29) is 22.3 Å². The topological polar surface area (TPSA) is 20.2 Å². The molecule has 0 saturated carbocycles. The minimum atomic E-state index is -0.682. The monoisotopic (exact) mass is 212 g/mol. The van der Waals surface area contributed by atoms with E-state index in [4.69, 9.17) is 3.47 Å². The normalized spacial score (nSPS) is 10.3. The first kappa shape index (κ1) is 11.2. The van der Waals surface area contributed by atoms with Gasteiger partial charge in [-0.05, 0) is 0 Å². The molecule has 0 aliphatic carbocycles. The maximum atomic E-state index is 8.53. The first-order valence-corrected chi connectivity index (χ1v) is 4.09. The van der Waals surface area contributed by atoms with Gasteiger partial charge in [0.1, 0.15) is 0 Å². The summed E-state index contributed by atoms with van der Waals surface area (Å²) in [6.45, 7) is 6.15. The predicted molar refractivity (Wildman–Crippen MR) is 34.8 cm³/mol. The van der Waals surface area contributed by atoms with Crippen molar-refractivity contribution in [1.82, 2.24) is 0 Å². The third kappa shape index (κ3) is 11.1. The van der Waals surface area contributed by atoms with E-state index >= 15 is 0 Å². The third-order valence-corrected chi connectivity index (χ3v) is 1.84. The van der Waals surface area contributed by atoms with Gasteiger partial charge in [0.25, 0.3) is 0 Å². The molecule has 0 fully saturated rings. The van der Waals surface area contributed by atoms with E-state index < -0.39 is 21.3 Å². The zero-order valence-electron chi connectivity index (χ0n) is 4.36. The van der Waals surface area contributed by atoms with Crippen molar-refractivity contribution in [3.63, 3.8) is 0 Å². The Bertz CT molecular complexity index is 41.4. The van der Waals surface area contributed by atoms with Crippen LogP contribution in [0, 0.1) is 0 Å². The molecule has 3 heteroatoms. The van der Waals surface area contributed by atoms with Crippen LogP contribution in [0.25, 0.3) is 0 Å². The number of rotatable bonds is 0. The fourth-order valence-corrected chi connectivity index (χ4v) is 0. The van der Waals surface area contributed by atoms with Crippen molar-refractivity contribution in [2.24, 2.45) is 0 Å². The van der Waals surface area contributed by atoms with Crippen molar-refractivity contribution >= 4 is 40.2 Å². The van der Waals surface area contributed by atoms with Crippen molar-refractivity contribution in [3.05, 3.63) is 0 Å². The molecule has 0 unspecified atom stereocenters. The summed E-state index contributed by atoms with van der Waals surface area (Å²) in [4.78, 5) is 0. The molecule has 0 aliphatic rings. The van der Waals surface area contributed by atoms with Crippen LogP contribution in [0.4, 0.5) is 0 Å². The molecule has 0 aromatic carbocycles. The molecule has 7 heavy (non-hydrogen) atoms. The molecular weight excluding hydrogens is 199 g/mol. The maximum absolute atomic E-state index is 8.53. The summed E-state index contributed by atoms with van der Waals surface area (Å²) in [7, 11) is 0. The molecule has 0 spiro atoms. The van der Waals surface area contributed by atoms with Crippen LogP contribution in [-0.2, 0) is 0 Å². The third-order valence-electron chi connectivity index (χ3n) is 0.274. The molecule has 0 aromatic heterocycles. The van der Waals surface area contributed by atoms with E-state index in [9.17, 15) is 0 Å². The van der Waals surface area contributed by atoms with Crippen LogP contribution < -0.4 is 0 Å². The summed E-state index contributed by atoms with van der Waals surface area (Å²) in [5.74, 6) is 0. The Morgan fingerprint density at radius 1 is 1.29 bits per heavy atom. The summed E-state index contributed by atoms with van der Waals surface area (Å²) in [6, 6.07) is 0. The molecule has 0 radical (unpaired) electrons. The van der Waals surface area contributed by atoms with Gasteiger partial charge >= 0.3 is 67.9 Å². The fraction of sp³-hybridized carbons (Fsp3) is 1.00. The molecule has 0 aliphatic heterocycles. The van der Waals surface area contributed by atoms with E-state index in [1.54, 1.807) is 0 Å². The first-order chi connectivity index (χ1) is 2.56. The van der Waals surface area contributed by atoms with Crippen molar-refractivity contribution in [2.75, 3.05) is 0 Å². The standard InChI is InChI=1S/C4H10OTe.Li.H/c1-4(2,3)6-5;;/h5H,1-3H3;;. The second-order valence-electron chi connectivity index (χ2n) is 2.20. The van der Waals surface area contributed by atoms with Crippen LogP contribution in [0.15, 0.2) is 0 Å². The molecule has 0 heterocycles. The van der Waals surface area contributed by atoms with Crippen LogP contribution >= 0.6 is 0 Å². The zero-order chi connectivity index (χ0) is 5.21. The van der Waals surface area contributed by atoms with Gasteiger partial charge in [-0.2, -0.15) is 0 Å². The number of hydrogen-bond donors (Lipinski definition) is 1. The summed E-state index contributed by atoms with van der Waals surface area (Å²) in [6.07, 6.45) is 0. The second kappa shape index (κ2) is 4.25. The second-order valence-corrected chi connectivity index (χ2v) is 6.22. The van der Waals surface area contributed by atoms with Crippen LogP contribution in [-0.4, -0.2) is 43.7 Å². The van der Waals surface area contributed by atoms with Gasteiger partial charge in [0.15, 0.2) is 0 Å². The average Bonchev–Trinajstić information content (AvgIpc) is 1.35. The Morgan fingerprint density at radius 3 is 1.43 bits per heavy atom. The van der Waals surface area contributed by atoms with Gasteiger partial charge in [-0.3, -0.25) is 0 Å². The van der Waals surface area contributed by atoms with E-state index in [0.717, 1.165) is 0 Å². The van der Waals surface area contributed by atoms with Gasteiger partial charge in [-0.25, -0.2) is 0 Å². The molecule has 0 saturated heterocycles. The molecule has 0 atom stereocenters. The van der Waals surface area contributed by atoms with Gasteiger partial charge in [0.05, 0.1) is 0 Å². The minimum absolute atomic E-state index is 0. The Balaban J connectivity index is 0. The van der Waals surface area contributed by atoms with Crippen molar-refractivity contribution in [2.45, 2.75) is 24.2 Å².